The number of ether oxygens (including phenoxy) is 1. The molecule has 0 atom stereocenters. The maximum absolute atomic E-state index is 12.3. The summed E-state index contributed by atoms with van der Waals surface area (Å²) in [5, 5.41) is 4.39. The summed E-state index contributed by atoms with van der Waals surface area (Å²) in [6.07, 6.45) is 0. The number of primary sulfonamides is 1. The summed E-state index contributed by atoms with van der Waals surface area (Å²) in [5.74, 6) is -0.827. The van der Waals surface area contributed by atoms with Crippen LogP contribution >= 0.6 is 0 Å². The first-order valence-electron chi connectivity index (χ1n) is 8.66. The van der Waals surface area contributed by atoms with Gasteiger partial charge < -0.3 is 13.7 Å². The lowest BCUT2D eigenvalue weighted by atomic mass is 10.3. The molecule has 11 nitrogen and oxygen atoms in total. The summed E-state index contributed by atoms with van der Waals surface area (Å²) in [6, 6.07) is 6.77. The van der Waals surface area contributed by atoms with E-state index in [4.69, 9.17) is 14.3 Å². The molecule has 13 heteroatoms. The largest absolute Gasteiger partial charge is 0.452 e. The Labute approximate surface area is 173 Å². The summed E-state index contributed by atoms with van der Waals surface area (Å²) in [4.78, 5) is 16.6. The normalized spacial score (nSPS) is 12.6. The maximum Gasteiger partial charge on any atom is 0.374 e. The van der Waals surface area contributed by atoms with Crippen LogP contribution in [0.3, 0.4) is 0 Å². The number of hydrogen-bond donors (Lipinski definition) is 1. The van der Waals surface area contributed by atoms with Gasteiger partial charge in [0.2, 0.25) is 20.9 Å². The van der Waals surface area contributed by atoms with E-state index in [1.54, 1.807) is 10.6 Å². The summed E-state index contributed by atoms with van der Waals surface area (Å²) in [5.41, 5.74) is 1.11. The van der Waals surface area contributed by atoms with Crippen molar-refractivity contribution in [2.24, 2.45) is 5.14 Å². The van der Waals surface area contributed by atoms with Crippen LogP contribution in [-0.2, 0) is 37.9 Å². The number of esters is 1. The van der Waals surface area contributed by atoms with Gasteiger partial charge in [-0.25, -0.2) is 36.1 Å². The van der Waals surface area contributed by atoms with E-state index in [1.165, 1.54) is 26.2 Å². The summed E-state index contributed by atoms with van der Waals surface area (Å²) in [7, 11) is -4.83. The van der Waals surface area contributed by atoms with Crippen LogP contribution in [-0.4, -0.2) is 50.8 Å². The Kier molecular flexibility index (Phi) is 5.73. The smallest absolute Gasteiger partial charge is 0.374 e. The molecule has 2 N–H and O–H groups in total. The van der Waals surface area contributed by atoms with Crippen molar-refractivity contribution in [2.75, 3.05) is 14.1 Å². The van der Waals surface area contributed by atoms with Crippen molar-refractivity contribution in [3.05, 3.63) is 41.9 Å². The monoisotopic (exact) mass is 456 g/mol. The first kappa shape index (κ1) is 22.0. The molecule has 0 spiro atoms. The highest BCUT2D eigenvalue weighted by Gasteiger charge is 2.21. The Morgan fingerprint density at radius 2 is 1.90 bits per heavy atom. The van der Waals surface area contributed by atoms with Gasteiger partial charge in [-0.2, -0.15) is 0 Å². The van der Waals surface area contributed by atoms with Crippen LogP contribution in [0.1, 0.15) is 23.3 Å². The minimum absolute atomic E-state index is 0.0930. The molecule has 0 aliphatic carbocycles. The molecule has 2 aromatic heterocycles. The van der Waals surface area contributed by atoms with Crippen LogP contribution in [0, 0.1) is 0 Å². The van der Waals surface area contributed by atoms with Crippen molar-refractivity contribution in [3.8, 4) is 0 Å². The molecule has 0 radical (unpaired) electrons. The molecule has 0 aliphatic heterocycles. The van der Waals surface area contributed by atoms with Crippen molar-refractivity contribution in [2.45, 2.75) is 30.1 Å². The van der Waals surface area contributed by atoms with E-state index >= 15 is 0 Å². The molecule has 0 saturated carbocycles. The number of carbonyl (C=O) groups excluding carboxylic acids is 1. The quantitative estimate of drug-likeness (QED) is 0.514. The number of aryl methyl sites for hydroxylation is 1. The molecule has 0 unspecified atom stereocenters. The highest BCUT2D eigenvalue weighted by Crippen LogP contribution is 2.23. The predicted octanol–water partition coefficient (Wildman–Crippen LogP) is 0.904. The van der Waals surface area contributed by atoms with Gasteiger partial charge in [0.1, 0.15) is 12.4 Å². The van der Waals surface area contributed by atoms with Crippen molar-refractivity contribution >= 4 is 37.0 Å². The van der Waals surface area contributed by atoms with Crippen LogP contribution in [0.25, 0.3) is 11.0 Å². The molecule has 162 valence electrons. The molecule has 30 heavy (non-hydrogen) atoms. The SMILES string of the molecule is CCn1c(COC(=O)c2ccc(S(N)(=O)=O)o2)nc2cc(S(=O)(=O)N(C)C)ccc21. The van der Waals surface area contributed by atoms with Crippen molar-refractivity contribution in [1.29, 1.82) is 0 Å². The Balaban J connectivity index is 1.87. The fraction of sp³-hybridized carbons (Fsp3) is 0.294. The third-order valence-corrected chi connectivity index (χ3v) is 6.88. The molecule has 0 bridgehead atoms. The molecule has 3 aromatic rings. The zero-order chi connectivity index (χ0) is 22.3. The number of sulfonamides is 2. The van der Waals surface area contributed by atoms with Gasteiger partial charge in [-0.1, -0.05) is 0 Å². The average Bonchev–Trinajstić information content (AvgIpc) is 3.29. The van der Waals surface area contributed by atoms with E-state index in [0.29, 0.717) is 23.4 Å². The lowest BCUT2D eigenvalue weighted by Crippen LogP contribution is -2.22. The molecule has 0 saturated heterocycles. The van der Waals surface area contributed by atoms with E-state index in [1.807, 2.05) is 6.92 Å². The van der Waals surface area contributed by atoms with Crippen molar-refractivity contribution in [3.63, 3.8) is 0 Å². The molecular formula is C17H20N4O7S2. The van der Waals surface area contributed by atoms with E-state index in [9.17, 15) is 21.6 Å². The van der Waals surface area contributed by atoms with Gasteiger partial charge in [0.05, 0.1) is 15.9 Å². The second-order valence-corrected chi connectivity index (χ2v) is 10.1. The standard InChI is InChI=1S/C17H20N4O7S2/c1-4-21-13-6-5-11(30(25,26)20(2)3)9-12(13)19-15(21)10-27-17(22)14-7-8-16(28-14)29(18,23)24/h5-9H,4,10H2,1-3H3,(H2,18,23,24). The lowest BCUT2D eigenvalue weighted by Gasteiger charge is -2.11. The average molecular weight is 457 g/mol. The van der Waals surface area contributed by atoms with Gasteiger partial charge in [0.25, 0.3) is 10.0 Å². The Hall–Kier alpha value is -2.74. The third kappa shape index (κ3) is 4.09. The number of fused-ring (bicyclic) bond motifs is 1. The third-order valence-electron chi connectivity index (χ3n) is 4.29. The van der Waals surface area contributed by atoms with Crippen LogP contribution < -0.4 is 5.14 Å². The summed E-state index contributed by atoms with van der Waals surface area (Å²) in [6.45, 7) is 2.13. The molecule has 2 heterocycles. The number of aromatic nitrogens is 2. The zero-order valence-corrected chi connectivity index (χ0v) is 18.0. The number of carbonyl (C=O) groups is 1. The van der Waals surface area contributed by atoms with Gasteiger partial charge in [0, 0.05) is 20.6 Å². The van der Waals surface area contributed by atoms with Crippen LogP contribution in [0.4, 0.5) is 0 Å². The number of rotatable bonds is 7. The Morgan fingerprint density at radius 1 is 1.20 bits per heavy atom. The second kappa shape index (κ2) is 7.83. The van der Waals surface area contributed by atoms with Crippen LogP contribution in [0.2, 0.25) is 0 Å². The summed E-state index contributed by atoms with van der Waals surface area (Å²) < 4.78 is 60.1. The fourth-order valence-electron chi connectivity index (χ4n) is 2.78. The Bertz CT molecular complexity index is 1320. The minimum atomic E-state index is -4.08. The summed E-state index contributed by atoms with van der Waals surface area (Å²) >= 11 is 0. The van der Waals surface area contributed by atoms with Gasteiger partial charge in [0.15, 0.2) is 0 Å². The topological polar surface area (TPSA) is 155 Å². The number of nitrogens with two attached hydrogens (primary N) is 1. The van der Waals surface area contributed by atoms with Gasteiger partial charge in [-0.3, -0.25) is 0 Å². The van der Waals surface area contributed by atoms with Crippen molar-refractivity contribution in [1.82, 2.24) is 13.9 Å². The fourth-order valence-corrected chi connectivity index (χ4v) is 4.16. The molecule has 0 amide bonds. The minimum Gasteiger partial charge on any atom is -0.452 e. The molecule has 0 fully saturated rings. The van der Waals surface area contributed by atoms with Crippen molar-refractivity contribution < 1.29 is 30.8 Å². The highest BCUT2D eigenvalue weighted by molar-refractivity contribution is 7.89. The van der Waals surface area contributed by atoms with Crippen LogP contribution in [0.15, 0.2) is 44.7 Å². The highest BCUT2D eigenvalue weighted by atomic mass is 32.2. The number of hydrogen-bond acceptors (Lipinski definition) is 8. The van der Waals surface area contributed by atoms with Gasteiger partial charge in [-0.15, -0.1) is 0 Å². The first-order valence-corrected chi connectivity index (χ1v) is 11.6. The number of benzene rings is 1. The molecule has 0 aliphatic rings. The van der Waals surface area contributed by atoms with E-state index in [-0.39, 0.29) is 17.3 Å². The molecule has 1 aromatic carbocycles. The first-order chi connectivity index (χ1) is 13.9. The Morgan fingerprint density at radius 3 is 2.47 bits per heavy atom. The van der Waals surface area contributed by atoms with Crippen LogP contribution in [0.5, 0.6) is 0 Å². The second-order valence-electron chi connectivity index (χ2n) is 6.45. The zero-order valence-electron chi connectivity index (χ0n) is 16.4. The maximum atomic E-state index is 12.3. The molecular weight excluding hydrogens is 436 g/mol. The number of nitrogens with zero attached hydrogens (tertiary/aromatic N) is 3. The number of furan rings is 1. The van der Waals surface area contributed by atoms with E-state index < -0.39 is 31.1 Å². The van der Waals surface area contributed by atoms with Gasteiger partial charge >= 0.3 is 5.97 Å². The van der Waals surface area contributed by atoms with E-state index in [2.05, 4.69) is 4.98 Å². The van der Waals surface area contributed by atoms with E-state index in [0.717, 1.165) is 16.4 Å². The number of imidazole rings is 1. The lowest BCUT2D eigenvalue weighted by molar-refractivity contribution is 0.0416. The predicted molar refractivity (Wildman–Crippen MR) is 105 cm³/mol. The molecule has 3 rings (SSSR count). The van der Waals surface area contributed by atoms with Gasteiger partial charge in [-0.05, 0) is 37.3 Å².